The van der Waals surface area contributed by atoms with Gasteiger partial charge in [0.1, 0.15) is 11.8 Å². The van der Waals surface area contributed by atoms with Crippen LogP contribution in [0.1, 0.15) is 31.9 Å². The molecule has 2 aromatic carbocycles. The molecule has 0 saturated heterocycles. The molecule has 5 nitrogen and oxygen atoms in total. The molecule has 2 amide bonds. The minimum Gasteiger partial charge on any atom is -0.497 e. The molecular formula is C23H28Cl2N2O3S. The average molecular weight is 483 g/mol. The van der Waals surface area contributed by atoms with Crippen LogP contribution in [0.4, 0.5) is 0 Å². The molecule has 2 aromatic rings. The first-order chi connectivity index (χ1) is 14.7. The van der Waals surface area contributed by atoms with Gasteiger partial charge in [-0.3, -0.25) is 9.59 Å². The molecule has 8 heteroatoms. The zero-order valence-corrected chi connectivity index (χ0v) is 20.5. The van der Waals surface area contributed by atoms with Crippen molar-refractivity contribution in [2.45, 2.75) is 45.2 Å². The summed E-state index contributed by atoms with van der Waals surface area (Å²) in [6.45, 7) is 5.73. The number of benzene rings is 2. The van der Waals surface area contributed by atoms with Crippen molar-refractivity contribution >= 4 is 46.8 Å². The number of carbonyl (C=O) groups excluding carboxylic acids is 2. The van der Waals surface area contributed by atoms with Gasteiger partial charge in [-0.05, 0) is 56.2 Å². The Hall–Kier alpha value is -1.89. The number of amides is 2. The van der Waals surface area contributed by atoms with Crippen LogP contribution in [0.25, 0.3) is 0 Å². The van der Waals surface area contributed by atoms with Gasteiger partial charge in [0, 0.05) is 28.4 Å². The van der Waals surface area contributed by atoms with Crippen molar-refractivity contribution in [2.24, 2.45) is 0 Å². The van der Waals surface area contributed by atoms with E-state index in [0.29, 0.717) is 15.8 Å². The monoisotopic (exact) mass is 482 g/mol. The molecular weight excluding hydrogens is 455 g/mol. The van der Waals surface area contributed by atoms with Gasteiger partial charge in [0.05, 0.1) is 12.9 Å². The van der Waals surface area contributed by atoms with Crippen molar-refractivity contribution < 1.29 is 14.3 Å². The number of thioether (sulfide) groups is 1. The minimum absolute atomic E-state index is 0.0181. The number of hydrogen-bond acceptors (Lipinski definition) is 4. The lowest BCUT2D eigenvalue weighted by Crippen LogP contribution is -2.49. The summed E-state index contributed by atoms with van der Waals surface area (Å²) in [7, 11) is 1.63. The SMILES string of the molecule is COc1ccc(CSCC(=O)N(Cc2ccc(Cl)cc2Cl)[C@@H](C)C(=O)NC(C)C)cc1. The molecule has 0 aromatic heterocycles. The van der Waals surface area contributed by atoms with E-state index in [1.165, 1.54) is 11.8 Å². The number of nitrogens with one attached hydrogen (secondary N) is 1. The fourth-order valence-electron chi connectivity index (χ4n) is 2.88. The van der Waals surface area contributed by atoms with Crippen LogP contribution in [0.15, 0.2) is 42.5 Å². The van der Waals surface area contributed by atoms with Crippen molar-refractivity contribution in [2.75, 3.05) is 12.9 Å². The van der Waals surface area contributed by atoms with E-state index in [0.717, 1.165) is 16.9 Å². The fraction of sp³-hybridized carbons (Fsp3) is 0.391. The van der Waals surface area contributed by atoms with Crippen molar-refractivity contribution in [1.29, 1.82) is 0 Å². The Morgan fingerprint density at radius 2 is 1.77 bits per heavy atom. The van der Waals surface area contributed by atoms with Gasteiger partial charge < -0.3 is 15.0 Å². The maximum absolute atomic E-state index is 13.1. The van der Waals surface area contributed by atoms with E-state index in [9.17, 15) is 9.59 Å². The summed E-state index contributed by atoms with van der Waals surface area (Å²) in [6, 6.07) is 12.2. The van der Waals surface area contributed by atoms with E-state index in [1.54, 1.807) is 37.1 Å². The van der Waals surface area contributed by atoms with E-state index < -0.39 is 6.04 Å². The van der Waals surface area contributed by atoms with E-state index in [2.05, 4.69) is 5.32 Å². The van der Waals surface area contributed by atoms with Crippen molar-refractivity contribution in [3.8, 4) is 5.75 Å². The lowest BCUT2D eigenvalue weighted by molar-refractivity contribution is -0.138. The highest BCUT2D eigenvalue weighted by Gasteiger charge is 2.27. The molecule has 31 heavy (non-hydrogen) atoms. The Bertz CT molecular complexity index is 891. The molecule has 0 heterocycles. The lowest BCUT2D eigenvalue weighted by atomic mass is 10.1. The van der Waals surface area contributed by atoms with Crippen LogP contribution in [0.3, 0.4) is 0 Å². The number of ether oxygens (including phenoxy) is 1. The Kier molecular flexibility index (Phi) is 10.0. The number of carbonyl (C=O) groups is 2. The van der Waals surface area contributed by atoms with Gasteiger partial charge in [-0.15, -0.1) is 11.8 Å². The van der Waals surface area contributed by atoms with Gasteiger partial charge >= 0.3 is 0 Å². The predicted octanol–water partition coefficient (Wildman–Crippen LogP) is 5.18. The quantitative estimate of drug-likeness (QED) is 0.506. The second-order valence-corrected chi connectivity index (χ2v) is 9.27. The van der Waals surface area contributed by atoms with E-state index in [4.69, 9.17) is 27.9 Å². The highest BCUT2D eigenvalue weighted by atomic mass is 35.5. The van der Waals surface area contributed by atoms with Crippen LogP contribution >= 0.6 is 35.0 Å². The minimum atomic E-state index is -0.636. The molecule has 0 spiro atoms. The van der Waals surface area contributed by atoms with Crippen molar-refractivity contribution in [3.63, 3.8) is 0 Å². The van der Waals surface area contributed by atoms with Gasteiger partial charge in [0.25, 0.3) is 0 Å². The summed E-state index contributed by atoms with van der Waals surface area (Å²) >= 11 is 13.8. The summed E-state index contributed by atoms with van der Waals surface area (Å²) in [5.41, 5.74) is 1.83. The van der Waals surface area contributed by atoms with Crippen LogP contribution < -0.4 is 10.1 Å². The van der Waals surface area contributed by atoms with Crippen LogP contribution in [-0.2, 0) is 21.9 Å². The molecule has 0 saturated carbocycles. The van der Waals surface area contributed by atoms with Crippen LogP contribution in [0.5, 0.6) is 5.75 Å². The molecule has 0 aliphatic carbocycles. The molecule has 0 aliphatic heterocycles. The Labute approximate surface area is 198 Å². The van der Waals surface area contributed by atoms with Gasteiger partial charge in [-0.25, -0.2) is 0 Å². The lowest BCUT2D eigenvalue weighted by Gasteiger charge is -2.29. The number of hydrogen-bond donors (Lipinski definition) is 1. The molecule has 2 rings (SSSR count). The topological polar surface area (TPSA) is 58.6 Å². The average Bonchev–Trinajstić information content (AvgIpc) is 2.72. The maximum Gasteiger partial charge on any atom is 0.242 e. The summed E-state index contributed by atoms with van der Waals surface area (Å²) in [5.74, 6) is 1.39. The summed E-state index contributed by atoms with van der Waals surface area (Å²) in [4.78, 5) is 27.3. The third kappa shape index (κ3) is 7.95. The van der Waals surface area contributed by atoms with Gasteiger partial charge in [-0.1, -0.05) is 41.4 Å². The van der Waals surface area contributed by atoms with Gasteiger partial charge in [0.2, 0.25) is 11.8 Å². The fourth-order valence-corrected chi connectivity index (χ4v) is 4.22. The third-order valence-electron chi connectivity index (χ3n) is 4.61. The third-order valence-corrected chi connectivity index (χ3v) is 6.18. The van der Waals surface area contributed by atoms with E-state index in [-0.39, 0.29) is 30.2 Å². The first kappa shape index (κ1) is 25.4. The Balaban J connectivity index is 2.09. The molecule has 1 N–H and O–H groups in total. The first-order valence-electron chi connectivity index (χ1n) is 9.95. The molecule has 0 unspecified atom stereocenters. The second-order valence-electron chi connectivity index (χ2n) is 7.44. The van der Waals surface area contributed by atoms with Crippen molar-refractivity contribution in [1.82, 2.24) is 10.2 Å². The number of nitrogens with zero attached hydrogens (tertiary/aromatic N) is 1. The Morgan fingerprint density at radius 3 is 2.35 bits per heavy atom. The van der Waals surface area contributed by atoms with Crippen LogP contribution in [-0.4, -0.2) is 41.7 Å². The standard InChI is InChI=1S/C23H28Cl2N2O3S/c1-15(2)26-23(29)16(3)27(12-18-7-8-19(24)11-21(18)25)22(28)14-31-13-17-5-9-20(30-4)10-6-17/h5-11,15-16H,12-14H2,1-4H3,(H,26,29)/t16-/m0/s1. The zero-order chi connectivity index (χ0) is 23.0. The Morgan fingerprint density at radius 1 is 1.10 bits per heavy atom. The van der Waals surface area contributed by atoms with Crippen molar-refractivity contribution in [3.05, 3.63) is 63.6 Å². The predicted molar refractivity (Wildman–Crippen MR) is 129 cm³/mol. The van der Waals surface area contributed by atoms with Gasteiger partial charge in [0.15, 0.2) is 0 Å². The molecule has 0 bridgehead atoms. The molecule has 0 radical (unpaired) electrons. The molecule has 0 aliphatic rings. The zero-order valence-electron chi connectivity index (χ0n) is 18.2. The maximum atomic E-state index is 13.1. The van der Waals surface area contributed by atoms with Crippen LogP contribution in [0, 0.1) is 0 Å². The number of rotatable bonds is 10. The second kappa shape index (κ2) is 12.2. The van der Waals surface area contributed by atoms with Crippen LogP contribution in [0.2, 0.25) is 10.0 Å². The summed E-state index contributed by atoms with van der Waals surface area (Å²) in [5, 5.41) is 3.86. The van der Waals surface area contributed by atoms with E-state index >= 15 is 0 Å². The highest BCUT2D eigenvalue weighted by Crippen LogP contribution is 2.24. The highest BCUT2D eigenvalue weighted by molar-refractivity contribution is 7.99. The smallest absolute Gasteiger partial charge is 0.242 e. The largest absolute Gasteiger partial charge is 0.497 e. The molecule has 0 fully saturated rings. The molecule has 1 atom stereocenters. The number of methoxy groups -OCH3 is 1. The normalized spacial score (nSPS) is 11.8. The first-order valence-corrected chi connectivity index (χ1v) is 11.9. The number of halogens is 2. The molecule has 168 valence electrons. The summed E-state index contributed by atoms with van der Waals surface area (Å²) in [6.07, 6.45) is 0. The summed E-state index contributed by atoms with van der Waals surface area (Å²) < 4.78 is 5.17. The van der Waals surface area contributed by atoms with Gasteiger partial charge in [-0.2, -0.15) is 0 Å². The van der Waals surface area contributed by atoms with E-state index in [1.807, 2.05) is 38.1 Å².